The SMILES string of the molecule is COCCNC(=NCc1nnc(C)n1C)NCCc1ccc(C(C)(C)C)cc1. The lowest BCUT2D eigenvalue weighted by molar-refractivity contribution is 0.203. The number of benzene rings is 1. The van der Waals surface area contributed by atoms with Crippen molar-refractivity contribution in [1.82, 2.24) is 25.4 Å². The van der Waals surface area contributed by atoms with Gasteiger partial charge in [0.15, 0.2) is 11.8 Å². The van der Waals surface area contributed by atoms with Crippen LogP contribution in [0.25, 0.3) is 0 Å². The minimum atomic E-state index is 0.181. The van der Waals surface area contributed by atoms with Gasteiger partial charge in [0.25, 0.3) is 0 Å². The zero-order chi connectivity index (χ0) is 20.6. The number of nitrogens with zero attached hydrogens (tertiary/aromatic N) is 4. The zero-order valence-corrected chi connectivity index (χ0v) is 18.0. The number of guanidine groups is 1. The van der Waals surface area contributed by atoms with Crippen LogP contribution in [-0.2, 0) is 30.2 Å². The van der Waals surface area contributed by atoms with Crippen molar-refractivity contribution < 1.29 is 4.74 Å². The molecule has 0 spiro atoms. The number of nitrogens with one attached hydrogen (secondary N) is 2. The summed E-state index contributed by atoms with van der Waals surface area (Å²) in [5.74, 6) is 2.47. The molecule has 0 aliphatic carbocycles. The second-order valence-corrected chi connectivity index (χ2v) is 7.93. The van der Waals surface area contributed by atoms with Crippen molar-refractivity contribution >= 4 is 5.96 Å². The molecule has 0 atom stereocenters. The smallest absolute Gasteiger partial charge is 0.191 e. The number of aliphatic imine (C=N–C) groups is 1. The van der Waals surface area contributed by atoms with Gasteiger partial charge in [0.05, 0.1) is 6.61 Å². The van der Waals surface area contributed by atoms with Crippen LogP contribution >= 0.6 is 0 Å². The lowest BCUT2D eigenvalue weighted by Gasteiger charge is -2.19. The molecule has 2 rings (SSSR count). The first-order valence-electron chi connectivity index (χ1n) is 9.76. The van der Waals surface area contributed by atoms with Crippen LogP contribution < -0.4 is 10.6 Å². The monoisotopic (exact) mass is 386 g/mol. The number of hydrogen-bond donors (Lipinski definition) is 2. The van der Waals surface area contributed by atoms with Gasteiger partial charge in [-0.05, 0) is 29.9 Å². The number of rotatable bonds is 8. The van der Waals surface area contributed by atoms with Crippen molar-refractivity contribution in [2.45, 2.75) is 46.1 Å². The second kappa shape index (κ2) is 10.2. The van der Waals surface area contributed by atoms with Crippen molar-refractivity contribution in [2.24, 2.45) is 12.0 Å². The fraction of sp³-hybridized carbons (Fsp3) is 0.571. The van der Waals surface area contributed by atoms with E-state index in [1.54, 1.807) is 7.11 Å². The van der Waals surface area contributed by atoms with Gasteiger partial charge < -0.3 is 19.9 Å². The Morgan fingerprint density at radius 3 is 2.36 bits per heavy atom. The van der Waals surface area contributed by atoms with Crippen LogP contribution in [0.15, 0.2) is 29.3 Å². The Hall–Kier alpha value is -2.41. The lowest BCUT2D eigenvalue weighted by atomic mass is 9.86. The molecular weight excluding hydrogens is 352 g/mol. The maximum Gasteiger partial charge on any atom is 0.191 e. The molecule has 0 unspecified atom stereocenters. The van der Waals surface area contributed by atoms with Crippen molar-refractivity contribution in [3.8, 4) is 0 Å². The molecule has 2 N–H and O–H groups in total. The normalized spacial score (nSPS) is 12.3. The fourth-order valence-corrected chi connectivity index (χ4v) is 2.68. The fourth-order valence-electron chi connectivity index (χ4n) is 2.68. The van der Waals surface area contributed by atoms with Gasteiger partial charge >= 0.3 is 0 Å². The molecule has 1 heterocycles. The molecule has 0 aliphatic rings. The summed E-state index contributed by atoms with van der Waals surface area (Å²) in [7, 11) is 3.64. The highest BCUT2D eigenvalue weighted by molar-refractivity contribution is 5.79. The third-order valence-corrected chi connectivity index (χ3v) is 4.69. The minimum Gasteiger partial charge on any atom is -0.383 e. The van der Waals surface area contributed by atoms with E-state index in [-0.39, 0.29) is 5.41 Å². The zero-order valence-electron chi connectivity index (χ0n) is 18.0. The predicted molar refractivity (Wildman–Crippen MR) is 114 cm³/mol. The van der Waals surface area contributed by atoms with Crippen molar-refractivity contribution in [3.05, 3.63) is 47.0 Å². The van der Waals surface area contributed by atoms with E-state index in [4.69, 9.17) is 4.74 Å². The summed E-state index contributed by atoms with van der Waals surface area (Å²) in [5.41, 5.74) is 2.84. The van der Waals surface area contributed by atoms with Gasteiger partial charge in [-0.1, -0.05) is 45.0 Å². The first-order valence-corrected chi connectivity index (χ1v) is 9.76. The highest BCUT2D eigenvalue weighted by Crippen LogP contribution is 2.22. The van der Waals surface area contributed by atoms with E-state index >= 15 is 0 Å². The maximum absolute atomic E-state index is 5.12. The molecule has 0 aliphatic heterocycles. The van der Waals surface area contributed by atoms with Gasteiger partial charge in [-0.3, -0.25) is 0 Å². The molecule has 0 radical (unpaired) electrons. The highest BCUT2D eigenvalue weighted by atomic mass is 16.5. The van der Waals surface area contributed by atoms with Crippen LogP contribution in [0.1, 0.15) is 43.5 Å². The lowest BCUT2D eigenvalue weighted by Crippen LogP contribution is -2.40. The van der Waals surface area contributed by atoms with Crippen molar-refractivity contribution in [1.29, 1.82) is 0 Å². The first kappa shape index (κ1) is 21.9. The minimum absolute atomic E-state index is 0.181. The summed E-state index contributed by atoms with van der Waals surface area (Å²) in [6.45, 7) is 11.2. The molecule has 0 saturated carbocycles. The Labute approximate surface area is 168 Å². The first-order chi connectivity index (χ1) is 13.3. The standard InChI is InChI=1S/C21H34N6O/c1-16-25-26-19(27(16)5)15-24-20(23-13-14-28-6)22-12-11-17-7-9-18(10-8-17)21(2,3)4/h7-10H,11-15H2,1-6H3,(H2,22,23,24). The Morgan fingerprint density at radius 1 is 1.11 bits per heavy atom. The van der Waals surface area contributed by atoms with E-state index in [0.717, 1.165) is 30.6 Å². The Balaban J connectivity index is 1.92. The van der Waals surface area contributed by atoms with Gasteiger partial charge in [-0.2, -0.15) is 0 Å². The molecule has 0 bridgehead atoms. The number of aryl methyl sites for hydroxylation is 1. The Kier molecular flexibility index (Phi) is 7.99. The van der Waals surface area contributed by atoms with Crippen LogP contribution in [0, 0.1) is 6.92 Å². The predicted octanol–water partition coefficient (Wildman–Crippen LogP) is 2.35. The molecule has 2 aromatic rings. The van der Waals surface area contributed by atoms with E-state index in [2.05, 4.69) is 70.9 Å². The Bertz CT molecular complexity index is 758. The average Bonchev–Trinajstić information content (AvgIpc) is 2.97. The summed E-state index contributed by atoms with van der Waals surface area (Å²) in [6.07, 6.45) is 0.929. The molecule has 0 amide bonds. The van der Waals surface area contributed by atoms with Crippen molar-refractivity contribution in [3.63, 3.8) is 0 Å². The largest absolute Gasteiger partial charge is 0.383 e. The van der Waals surface area contributed by atoms with E-state index < -0.39 is 0 Å². The molecule has 7 nitrogen and oxygen atoms in total. The molecule has 0 saturated heterocycles. The quantitative estimate of drug-likeness (QED) is 0.414. The van der Waals surface area contributed by atoms with Crippen LogP contribution in [0.4, 0.5) is 0 Å². The molecule has 7 heteroatoms. The summed E-state index contributed by atoms with van der Waals surface area (Å²) in [5, 5.41) is 14.9. The van der Waals surface area contributed by atoms with Crippen LogP contribution in [0.5, 0.6) is 0 Å². The number of ether oxygens (including phenoxy) is 1. The van der Waals surface area contributed by atoms with Crippen LogP contribution in [0.3, 0.4) is 0 Å². The van der Waals surface area contributed by atoms with E-state index in [1.165, 1.54) is 11.1 Å². The third-order valence-electron chi connectivity index (χ3n) is 4.69. The van der Waals surface area contributed by atoms with Crippen LogP contribution in [0.2, 0.25) is 0 Å². The maximum atomic E-state index is 5.12. The molecular formula is C21H34N6O. The highest BCUT2D eigenvalue weighted by Gasteiger charge is 2.12. The molecule has 0 fully saturated rings. The van der Waals surface area contributed by atoms with Gasteiger partial charge in [0.1, 0.15) is 12.4 Å². The van der Waals surface area contributed by atoms with Crippen molar-refractivity contribution in [2.75, 3.05) is 26.8 Å². The number of aromatic nitrogens is 3. The van der Waals surface area contributed by atoms with E-state index in [0.29, 0.717) is 19.7 Å². The Morgan fingerprint density at radius 2 is 1.79 bits per heavy atom. The van der Waals surface area contributed by atoms with Gasteiger partial charge in [-0.15, -0.1) is 10.2 Å². The molecule has 28 heavy (non-hydrogen) atoms. The summed E-state index contributed by atoms with van der Waals surface area (Å²) in [4.78, 5) is 4.63. The summed E-state index contributed by atoms with van der Waals surface area (Å²) < 4.78 is 7.07. The van der Waals surface area contributed by atoms with Gasteiger partial charge in [0.2, 0.25) is 0 Å². The summed E-state index contributed by atoms with van der Waals surface area (Å²) >= 11 is 0. The van der Waals surface area contributed by atoms with E-state index in [1.807, 2.05) is 18.5 Å². The molecule has 1 aromatic carbocycles. The summed E-state index contributed by atoms with van der Waals surface area (Å²) in [6, 6.07) is 8.86. The number of hydrogen-bond acceptors (Lipinski definition) is 4. The van der Waals surface area contributed by atoms with Gasteiger partial charge in [0, 0.05) is 27.2 Å². The van der Waals surface area contributed by atoms with Gasteiger partial charge in [-0.25, -0.2) is 4.99 Å². The molecule has 1 aromatic heterocycles. The van der Waals surface area contributed by atoms with Crippen LogP contribution in [-0.4, -0.2) is 47.5 Å². The number of methoxy groups -OCH3 is 1. The second-order valence-electron chi connectivity index (χ2n) is 7.93. The third kappa shape index (κ3) is 6.64. The molecule has 154 valence electrons. The van der Waals surface area contributed by atoms with E-state index in [9.17, 15) is 0 Å². The topological polar surface area (TPSA) is 76.4 Å². The average molecular weight is 387 g/mol.